The molecule has 0 aromatic rings. The average molecular weight is 211 g/mol. The smallest absolute Gasteiger partial charge is 0.140 e. The van der Waals surface area contributed by atoms with E-state index < -0.39 is 5.54 Å². The van der Waals surface area contributed by atoms with E-state index in [2.05, 4.69) is 17.9 Å². The van der Waals surface area contributed by atoms with Gasteiger partial charge in [-0.2, -0.15) is 0 Å². The molecule has 0 saturated carbocycles. The van der Waals surface area contributed by atoms with E-state index in [1.54, 1.807) is 6.08 Å². The maximum absolute atomic E-state index is 10.6. The van der Waals surface area contributed by atoms with Gasteiger partial charge in [0.25, 0.3) is 0 Å². The van der Waals surface area contributed by atoms with Crippen LogP contribution in [0.25, 0.3) is 0 Å². The molecule has 3 heteroatoms. The quantitative estimate of drug-likeness (QED) is 0.416. The van der Waals surface area contributed by atoms with E-state index in [1.807, 2.05) is 26.8 Å². The summed E-state index contributed by atoms with van der Waals surface area (Å²) in [6.07, 6.45) is 4.44. The molecule has 0 fully saturated rings. The van der Waals surface area contributed by atoms with Crippen LogP contribution in [0.4, 0.5) is 0 Å². The van der Waals surface area contributed by atoms with E-state index in [4.69, 9.17) is 0 Å². The molecule has 14 heavy (non-hydrogen) atoms. The van der Waals surface area contributed by atoms with Gasteiger partial charge in [0.2, 0.25) is 0 Å². The van der Waals surface area contributed by atoms with Gasteiger partial charge < -0.3 is 4.79 Å². The molecule has 0 unspecified atom stereocenters. The topological polar surface area (TPSA) is 29.1 Å². The van der Waals surface area contributed by atoms with Gasteiger partial charge in [-0.15, -0.1) is 0 Å². The highest BCUT2D eigenvalue weighted by Gasteiger charge is 2.16. The minimum atomic E-state index is -0.527. The summed E-state index contributed by atoms with van der Waals surface area (Å²) in [5, 5.41) is 0. The molecule has 0 amide bonds. The maximum atomic E-state index is 10.6. The molecule has 0 radical (unpaired) electrons. The van der Waals surface area contributed by atoms with E-state index >= 15 is 0 Å². The number of hydrogen-bond acceptors (Lipinski definition) is 3. The first-order chi connectivity index (χ1) is 6.43. The summed E-state index contributed by atoms with van der Waals surface area (Å²) in [6.45, 7) is 13.0. The summed E-state index contributed by atoms with van der Waals surface area (Å²) in [6, 6.07) is 0. The highest BCUT2D eigenvalue weighted by molar-refractivity contribution is 8.01. The van der Waals surface area contributed by atoms with Crippen molar-refractivity contribution in [1.82, 2.24) is 4.72 Å². The minimum absolute atomic E-state index is 0.527. The second-order valence-corrected chi connectivity index (χ2v) is 4.44. The fraction of sp³-hybridized carbons (Fsp3) is 0.364. The van der Waals surface area contributed by atoms with Crippen LogP contribution in [0.5, 0.6) is 0 Å². The Balaban J connectivity index is 4.35. The molecule has 0 aromatic carbocycles. The van der Waals surface area contributed by atoms with Crippen molar-refractivity contribution < 1.29 is 4.79 Å². The lowest BCUT2D eigenvalue weighted by Crippen LogP contribution is -2.35. The Labute approximate surface area is 90.3 Å². The molecule has 0 aromatic heterocycles. The molecule has 0 aliphatic rings. The van der Waals surface area contributed by atoms with Gasteiger partial charge in [0.15, 0.2) is 0 Å². The Kier molecular flexibility index (Phi) is 5.50. The molecular weight excluding hydrogens is 194 g/mol. The van der Waals surface area contributed by atoms with Crippen molar-refractivity contribution in [3.8, 4) is 0 Å². The Bertz CT molecular complexity index is 266. The third-order valence-electron chi connectivity index (χ3n) is 1.41. The van der Waals surface area contributed by atoms with Crippen LogP contribution in [0.15, 0.2) is 35.8 Å². The van der Waals surface area contributed by atoms with E-state index in [9.17, 15) is 4.79 Å². The maximum Gasteiger partial charge on any atom is 0.140 e. The lowest BCUT2D eigenvalue weighted by atomic mass is 10.1. The van der Waals surface area contributed by atoms with Crippen LogP contribution in [-0.2, 0) is 4.79 Å². The fourth-order valence-electron chi connectivity index (χ4n) is 0.581. The molecule has 1 N–H and O–H groups in total. The summed E-state index contributed by atoms with van der Waals surface area (Å²) in [7, 11) is 0. The summed E-state index contributed by atoms with van der Waals surface area (Å²) in [5.74, 6) is 0. The first-order valence-corrected chi connectivity index (χ1v) is 5.13. The average Bonchev–Trinajstić information content (AvgIpc) is 2.12. The molecule has 78 valence electrons. The number of aldehydes is 1. The van der Waals surface area contributed by atoms with Gasteiger partial charge in [-0.25, -0.2) is 4.72 Å². The third-order valence-corrected chi connectivity index (χ3v) is 2.74. The number of allylic oxidation sites excluding steroid dienone is 3. The molecule has 0 saturated heterocycles. The minimum Gasteiger partial charge on any atom is -0.301 e. The van der Waals surface area contributed by atoms with E-state index in [-0.39, 0.29) is 0 Å². The monoisotopic (exact) mass is 211 g/mol. The van der Waals surface area contributed by atoms with Gasteiger partial charge in [0.05, 0.1) is 5.54 Å². The van der Waals surface area contributed by atoms with Gasteiger partial charge >= 0.3 is 0 Å². The first-order valence-electron chi connectivity index (χ1n) is 4.32. The Hall–Kier alpha value is -0.800. The molecule has 0 aliphatic carbocycles. The lowest BCUT2D eigenvalue weighted by molar-refractivity contribution is -0.111. The highest BCUT2D eigenvalue weighted by atomic mass is 32.2. The molecule has 0 bridgehead atoms. The molecular formula is C11H17NOS. The van der Waals surface area contributed by atoms with Crippen LogP contribution in [0, 0.1) is 0 Å². The van der Waals surface area contributed by atoms with E-state index in [1.165, 1.54) is 11.9 Å². The van der Waals surface area contributed by atoms with Crippen LogP contribution < -0.4 is 4.72 Å². The van der Waals surface area contributed by atoms with Gasteiger partial charge in [-0.3, -0.25) is 0 Å². The molecule has 0 rings (SSSR count). The largest absolute Gasteiger partial charge is 0.301 e. The van der Waals surface area contributed by atoms with Crippen molar-refractivity contribution in [2.24, 2.45) is 0 Å². The molecule has 0 aliphatic heterocycles. The zero-order valence-electron chi connectivity index (χ0n) is 8.96. The Morgan fingerprint density at radius 1 is 1.50 bits per heavy atom. The van der Waals surface area contributed by atoms with Crippen molar-refractivity contribution in [1.29, 1.82) is 0 Å². The normalized spacial score (nSPS) is 12.4. The van der Waals surface area contributed by atoms with Crippen LogP contribution in [0.1, 0.15) is 20.8 Å². The number of carbonyl (C=O) groups excluding carboxylic acids is 1. The zero-order chi connectivity index (χ0) is 11.2. The SMILES string of the molecule is C=C/C=C(/SNC(C)(C)C=O)C(=C)C. The Morgan fingerprint density at radius 3 is 2.43 bits per heavy atom. The van der Waals surface area contributed by atoms with Crippen molar-refractivity contribution in [2.75, 3.05) is 0 Å². The second kappa shape index (κ2) is 5.83. The van der Waals surface area contributed by atoms with Crippen molar-refractivity contribution >= 4 is 18.2 Å². The summed E-state index contributed by atoms with van der Waals surface area (Å²) in [4.78, 5) is 11.6. The van der Waals surface area contributed by atoms with Gasteiger partial charge in [0, 0.05) is 4.91 Å². The van der Waals surface area contributed by atoms with Gasteiger partial charge in [0.1, 0.15) is 6.29 Å². The van der Waals surface area contributed by atoms with Crippen LogP contribution in [0.2, 0.25) is 0 Å². The Morgan fingerprint density at radius 2 is 2.07 bits per heavy atom. The number of rotatable bonds is 6. The van der Waals surface area contributed by atoms with Crippen LogP contribution in [-0.4, -0.2) is 11.8 Å². The molecule has 0 spiro atoms. The molecule has 0 atom stereocenters. The van der Waals surface area contributed by atoms with Crippen molar-refractivity contribution in [2.45, 2.75) is 26.3 Å². The summed E-state index contributed by atoms with van der Waals surface area (Å²) >= 11 is 1.39. The number of nitrogens with one attached hydrogen (secondary N) is 1. The number of hydrogen-bond donors (Lipinski definition) is 1. The lowest BCUT2D eigenvalue weighted by Gasteiger charge is -2.19. The third kappa shape index (κ3) is 5.04. The van der Waals surface area contributed by atoms with Crippen molar-refractivity contribution in [3.05, 3.63) is 35.8 Å². The van der Waals surface area contributed by atoms with Gasteiger partial charge in [-0.05, 0) is 44.4 Å². The molecule has 2 nitrogen and oxygen atoms in total. The predicted molar refractivity (Wildman–Crippen MR) is 64.0 cm³/mol. The number of carbonyl (C=O) groups is 1. The van der Waals surface area contributed by atoms with Gasteiger partial charge in [-0.1, -0.05) is 19.2 Å². The fourth-order valence-corrected chi connectivity index (χ4v) is 1.34. The second-order valence-electron chi connectivity index (χ2n) is 3.59. The first kappa shape index (κ1) is 13.2. The summed E-state index contributed by atoms with van der Waals surface area (Å²) in [5.41, 5.74) is 0.421. The standard InChI is InChI=1S/C11H17NOS/c1-6-7-10(9(2)3)14-12-11(4,5)8-13/h6-8,12H,1-2H2,3-5H3/b10-7+. The van der Waals surface area contributed by atoms with E-state index in [0.717, 1.165) is 16.8 Å². The predicted octanol–water partition coefficient (Wildman–Crippen LogP) is 2.85. The summed E-state index contributed by atoms with van der Waals surface area (Å²) < 4.78 is 3.05. The zero-order valence-corrected chi connectivity index (χ0v) is 9.78. The van der Waals surface area contributed by atoms with Crippen molar-refractivity contribution in [3.63, 3.8) is 0 Å². The molecule has 0 heterocycles. The highest BCUT2D eigenvalue weighted by Crippen LogP contribution is 2.21. The van der Waals surface area contributed by atoms with Crippen LogP contribution >= 0.6 is 11.9 Å². The van der Waals surface area contributed by atoms with E-state index in [0.29, 0.717) is 0 Å². The van der Waals surface area contributed by atoms with Crippen LogP contribution in [0.3, 0.4) is 0 Å².